The molecule has 8 nitrogen and oxygen atoms in total. The van der Waals surface area contributed by atoms with Gasteiger partial charge in [-0.25, -0.2) is 0 Å². The van der Waals surface area contributed by atoms with Crippen LogP contribution in [0, 0.1) is 10.1 Å². The number of anilines is 1. The molecule has 0 heterocycles. The lowest BCUT2D eigenvalue weighted by Crippen LogP contribution is -2.34. The number of carboxylic acid groups (broad SMARTS) is 1. The molecule has 0 aliphatic rings. The highest BCUT2D eigenvalue weighted by Crippen LogP contribution is 2.15. The first kappa shape index (κ1) is 13.6. The number of hydrogen-bond donors (Lipinski definition) is 3. The first-order valence-electron chi connectivity index (χ1n) is 4.93. The first-order chi connectivity index (χ1) is 8.40. The topological polar surface area (TPSA) is 136 Å². The molecule has 0 saturated carbocycles. The highest BCUT2D eigenvalue weighted by Gasteiger charge is 2.16. The van der Waals surface area contributed by atoms with Gasteiger partial charge in [0.1, 0.15) is 6.04 Å². The summed E-state index contributed by atoms with van der Waals surface area (Å²) in [4.78, 5) is 31.6. The van der Waals surface area contributed by atoms with E-state index in [1.165, 1.54) is 24.3 Å². The number of carboxylic acids is 1. The van der Waals surface area contributed by atoms with Gasteiger partial charge < -0.3 is 16.2 Å². The van der Waals surface area contributed by atoms with Gasteiger partial charge in [-0.2, -0.15) is 0 Å². The average Bonchev–Trinajstić information content (AvgIpc) is 2.29. The predicted molar refractivity (Wildman–Crippen MR) is 62.0 cm³/mol. The Labute approximate surface area is 102 Å². The average molecular weight is 253 g/mol. The number of nitro groups is 1. The van der Waals surface area contributed by atoms with Crippen molar-refractivity contribution in [3.05, 3.63) is 34.4 Å². The van der Waals surface area contributed by atoms with E-state index >= 15 is 0 Å². The summed E-state index contributed by atoms with van der Waals surface area (Å²) in [5.41, 5.74) is 5.42. The summed E-state index contributed by atoms with van der Waals surface area (Å²) in [6.07, 6.45) is -0.369. The second-order valence-electron chi connectivity index (χ2n) is 3.50. The molecule has 1 aromatic carbocycles. The maximum absolute atomic E-state index is 11.4. The molecule has 1 atom stereocenters. The van der Waals surface area contributed by atoms with E-state index in [-0.39, 0.29) is 12.1 Å². The SMILES string of the molecule is N[C@H](CC(=O)Nc1ccc([N+](=O)[O-])cc1)C(=O)O. The fraction of sp³-hybridized carbons (Fsp3) is 0.200. The van der Waals surface area contributed by atoms with Crippen LogP contribution in [0.4, 0.5) is 11.4 Å². The lowest BCUT2D eigenvalue weighted by atomic mass is 10.2. The number of amides is 1. The summed E-state index contributed by atoms with van der Waals surface area (Å²) in [5, 5.41) is 21.3. The van der Waals surface area contributed by atoms with E-state index < -0.39 is 22.8 Å². The molecular formula is C10H11N3O5. The number of nitrogens with zero attached hydrogens (tertiary/aromatic N) is 1. The van der Waals surface area contributed by atoms with Gasteiger partial charge in [0.15, 0.2) is 0 Å². The van der Waals surface area contributed by atoms with Gasteiger partial charge in [-0.1, -0.05) is 0 Å². The van der Waals surface area contributed by atoms with E-state index in [1.807, 2.05) is 0 Å². The molecule has 0 saturated heterocycles. The van der Waals surface area contributed by atoms with Crippen molar-refractivity contribution in [1.82, 2.24) is 0 Å². The van der Waals surface area contributed by atoms with Crippen LogP contribution in [0.25, 0.3) is 0 Å². The molecular weight excluding hydrogens is 242 g/mol. The number of non-ortho nitro benzene ring substituents is 1. The zero-order valence-corrected chi connectivity index (χ0v) is 9.20. The van der Waals surface area contributed by atoms with Crippen molar-refractivity contribution in [3.63, 3.8) is 0 Å². The Hall–Kier alpha value is -2.48. The molecule has 1 aromatic rings. The van der Waals surface area contributed by atoms with Crippen LogP contribution >= 0.6 is 0 Å². The number of carbonyl (C=O) groups excluding carboxylic acids is 1. The number of hydrogen-bond acceptors (Lipinski definition) is 5. The first-order valence-corrected chi connectivity index (χ1v) is 4.93. The van der Waals surface area contributed by atoms with Gasteiger partial charge in [0.05, 0.1) is 11.3 Å². The zero-order valence-electron chi connectivity index (χ0n) is 9.20. The van der Waals surface area contributed by atoms with E-state index in [0.717, 1.165) is 0 Å². The van der Waals surface area contributed by atoms with Crippen molar-refractivity contribution in [2.24, 2.45) is 5.73 Å². The zero-order chi connectivity index (χ0) is 13.7. The molecule has 0 radical (unpaired) electrons. The monoisotopic (exact) mass is 253 g/mol. The minimum atomic E-state index is -1.27. The summed E-state index contributed by atoms with van der Waals surface area (Å²) < 4.78 is 0. The normalized spacial score (nSPS) is 11.6. The van der Waals surface area contributed by atoms with Crippen molar-refractivity contribution >= 4 is 23.3 Å². The van der Waals surface area contributed by atoms with Gasteiger partial charge in [-0.05, 0) is 12.1 Å². The van der Waals surface area contributed by atoms with E-state index in [1.54, 1.807) is 0 Å². The van der Waals surface area contributed by atoms with Gasteiger partial charge in [0, 0.05) is 17.8 Å². The molecule has 0 fully saturated rings. The van der Waals surface area contributed by atoms with Crippen LogP contribution in [-0.2, 0) is 9.59 Å². The quantitative estimate of drug-likeness (QED) is 0.511. The van der Waals surface area contributed by atoms with Crippen molar-refractivity contribution < 1.29 is 19.6 Å². The Bertz CT molecular complexity index is 471. The van der Waals surface area contributed by atoms with Crippen LogP contribution in [0.15, 0.2) is 24.3 Å². The Balaban J connectivity index is 2.60. The second-order valence-corrected chi connectivity index (χ2v) is 3.50. The molecule has 18 heavy (non-hydrogen) atoms. The molecule has 96 valence electrons. The number of rotatable bonds is 5. The summed E-state index contributed by atoms with van der Waals surface area (Å²) in [7, 11) is 0. The Morgan fingerprint density at radius 2 is 1.94 bits per heavy atom. The maximum Gasteiger partial charge on any atom is 0.321 e. The van der Waals surface area contributed by atoms with Gasteiger partial charge in [0.2, 0.25) is 5.91 Å². The number of carbonyl (C=O) groups is 2. The van der Waals surface area contributed by atoms with Crippen LogP contribution in [0.1, 0.15) is 6.42 Å². The molecule has 0 bridgehead atoms. The number of nitrogens with one attached hydrogen (secondary N) is 1. The third-order valence-corrected chi connectivity index (χ3v) is 2.08. The van der Waals surface area contributed by atoms with E-state index in [0.29, 0.717) is 5.69 Å². The maximum atomic E-state index is 11.4. The number of aliphatic carboxylic acids is 1. The summed E-state index contributed by atoms with van der Waals surface area (Å²) >= 11 is 0. The molecule has 0 aliphatic heterocycles. The molecule has 0 spiro atoms. The third-order valence-electron chi connectivity index (χ3n) is 2.08. The van der Waals surface area contributed by atoms with Crippen LogP contribution in [0.3, 0.4) is 0 Å². The van der Waals surface area contributed by atoms with Crippen LogP contribution < -0.4 is 11.1 Å². The summed E-state index contributed by atoms with van der Waals surface area (Å²) in [5.74, 6) is -1.84. The molecule has 4 N–H and O–H groups in total. The fourth-order valence-corrected chi connectivity index (χ4v) is 1.17. The summed E-state index contributed by atoms with van der Waals surface area (Å²) in [6.45, 7) is 0. The van der Waals surface area contributed by atoms with Crippen molar-refractivity contribution in [3.8, 4) is 0 Å². The van der Waals surface area contributed by atoms with Gasteiger partial charge in [-0.15, -0.1) is 0 Å². The molecule has 1 rings (SSSR count). The number of nitro benzene ring substituents is 1. The molecule has 8 heteroatoms. The molecule has 0 aromatic heterocycles. The predicted octanol–water partition coefficient (Wildman–Crippen LogP) is 0.335. The van der Waals surface area contributed by atoms with E-state index in [2.05, 4.69) is 5.32 Å². The molecule has 0 aliphatic carbocycles. The minimum absolute atomic E-state index is 0.102. The largest absolute Gasteiger partial charge is 0.480 e. The van der Waals surface area contributed by atoms with Crippen LogP contribution in [0.2, 0.25) is 0 Å². The van der Waals surface area contributed by atoms with E-state index in [4.69, 9.17) is 10.8 Å². The van der Waals surface area contributed by atoms with Crippen LogP contribution in [0.5, 0.6) is 0 Å². The lowest BCUT2D eigenvalue weighted by molar-refractivity contribution is -0.384. The second kappa shape index (κ2) is 5.73. The fourth-order valence-electron chi connectivity index (χ4n) is 1.17. The smallest absolute Gasteiger partial charge is 0.321 e. The molecule has 0 unspecified atom stereocenters. The Morgan fingerprint density at radius 3 is 2.39 bits per heavy atom. The van der Waals surface area contributed by atoms with Crippen molar-refractivity contribution in [2.45, 2.75) is 12.5 Å². The Kier molecular flexibility index (Phi) is 4.33. The van der Waals surface area contributed by atoms with Crippen molar-refractivity contribution in [2.75, 3.05) is 5.32 Å². The number of nitrogens with two attached hydrogens (primary N) is 1. The standard InChI is InChI=1S/C10H11N3O5/c11-8(10(15)16)5-9(14)12-6-1-3-7(4-2-6)13(17)18/h1-4,8H,5,11H2,(H,12,14)(H,15,16)/t8-/m1/s1. The van der Waals surface area contributed by atoms with Gasteiger partial charge in [0.25, 0.3) is 5.69 Å². The third kappa shape index (κ3) is 3.83. The number of benzene rings is 1. The van der Waals surface area contributed by atoms with Crippen molar-refractivity contribution in [1.29, 1.82) is 0 Å². The summed E-state index contributed by atoms with van der Waals surface area (Å²) in [6, 6.07) is 3.88. The lowest BCUT2D eigenvalue weighted by Gasteiger charge is -2.07. The highest BCUT2D eigenvalue weighted by molar-refractivity contribution is 5.94. The molecule has 1 amide bonds. The van der Waals surface area contributed by atoms with Crippen LogP contribution in [-0.4, -0.2) is 27.9 Å². The minimum Gasteiger partial charge on any atom is -0.480 e. The van der Waals surface area contributed by atoms with Gasteiger partial charge in [-0.3, -0.25) is 19.7 Å². The Morgan fingerprint density at radius 1 is 1.39 bits per heavy atom. The van der Waals surface area contributed by atoms with E-state index in [9.17, 15) is 19.7 Å². The van der Waals surface area contributed by atoms with Gasteiger partial charge >= 0.3 is 5.97 Å². The highest BCUT2D eigenvalue weighted by atomic mass is 16.6.